The van der Waals surface area contributed by atoms with E-state index < -0.39 is 0 Å². The number of rotatable bonds is 22. The van der Waals surface area contributed by atoms with E-state index >= 15 is 0 Å². The predicted octanol–water partition coefficient (Wildman–Crippen LogP) is 10.5. The number of unbranched alkanes of at least 4 members (excludes halogenated alkanes) is 16. The topological polar surface area (TPSA) is 0 Å². The van der Waals surface area contributed by atoms with Gasteiger partial charge in [0.1, 0.15) is 0 Å². The first kappa shape index (κ1) is 27.3. The maximum atomic E-state index is 3.47. The lowest BCUT2D eigenvalue weighted by molar-refractivity contribution is 0.399. The maximum absolute atomic E-state index is 3.47. The molecule has 0 heterocycles. The molecule has 0 nitrogen and oxygen atoms in total. The van der Waals surface area contributed by atoms with Crippen molar-refractivity contribution in [2.45, 2.75) is 149 Å². The molecular weight excluding hydrogens is 360 g/mol. The zero-order valence-corrected chi connectivity index (χ0v) is 20.7. The van der Waals surface area contributed by atoms with E-state index in [2.05, 4.69) is 44.2 Å². The van der Waals surface area contributed by atoms with Gasteiger partial charge < -0.3 is 0 Å². The maximum Gasteiger partial charge on any atom is -0.0149 e. The second-order valence-electron chi connectivity index (χ2n) is 9.69. The van der Waals surface area contributed by atoms with Crippen LogP contribution in [0.1, 0.15) is 148 Å². The van der Waals surface area contributed by atoms with Crippen molar-refractivity contribution in [1.82, 2.24) is 0 Å². The Morgan fingerprint density at radius 3 is 1.40 bits per heavy atom. The molecule has 0 aliphatic carbocycles. The van der Waals surface area contributed by atoms with Gasteiger partial charge in [-0.15, -0.1) is 0 Å². The Morgan fingerprint density at radius 1 is 0.567 bits per heavy atom. The lowest BCUT2D eigenvalue weighted by Gasteiger charge is -2.17. The van der Waals surface area contributed by atoms with Crippen molar-refractivity contribution in [3.05, 3.63) is 35.9 Å². The number of hydrogen-bond acceptors (Lipinski definition) is 0. The highest BCUT2D eigenvalue weighted by Crippen LogP contribution is 2.23. The summed E-state index contributed by atoms with van der Waals surface area (Å²) in [5.41, 5.74) is 1.43. The van der Waals surface area contributed by atoms with Gasteiger partial charge in [0.15, 0.2) is 0 Å². The summed E-state index contributed by atoms with van der Waals surface area (Å²) in [5.74, 6) is 0.873. The van der Waals surface area contributed by atoms with E-state index in [0.717, 1.165) is 5.92 Å². The molecule has 1 radical (unpaired) electrons. The summed E-state index contributed by atoms with van der Waals surface area (Å²) < 4.78 is 0. The van der Waals surface area contributed by atoms with Gasteiger partial charge in [0.2, 0.25) is 0 Å². The Hall–Kier alpha value is -0.780. The molecule has 0 bridgehead atoms. The quantitative estimate of drug-likeness (QED) is 0.166. The molecule has 0 aromatic heterocycles. The van der Waals surface area contributed by atoms with Gasteiger partial charge in [-0.3, -0.25) is 0 Å². The average molecular weight is 414 g/mol. The molecule has 173 valence electrons. The summed E-state index contributed by atoms with van der Waals surface area (Å²) in [6, 6.07) is 12.1. The fourth-order valence-corrected chi connectivity index (χ4v) is 4.70. The largest absolute Gasteiger partial charge is 0.0654 e. The third-order valence-electron chi connectivity index (χ3n) is 6.71. The second-order valence-corrected chi connectivity index (χ2v) is 9.69. The molecule has 0 spiro atoms. The van der Waals surface area contributed by atoms with E-state index in [1.807, 2.05) is 0 Å². The normalized spacial score (nSPS) is 12.3. The molecule has 1 aromatic carbocycles. The van der Waals surface area contributed by atoms with Gasteiger partial charge in [-0.2, -0.15) is 0 Å². The third-order valence-corrected chi connectivity index (χ3v) is 6.71. The lowest BCUT2D eigenvalue weighted by atomic mass is 9.88. The zero-order chi connectivity index (χ0) is 21.5. The Labute approximate surface area is 190 Å². The first-order valence-electron chi connectivity index (χ1n) is 13.8. The van der Waals surface area contributed by atoms with Gasteiger partial charge in [-0.25, -0.2) is 0 Å². The molecule has 0 heteroatoms. The molecule has 0 fully saturated rings. The van der Waals surface area contributed by atoms with Crippen molar-refractivity contribution in [3.8, 4) is 0 Å². The summed E-state index contributed by atoms with van der Waals surface area (Å²) in [4.78, 5) is 0. The Morgan fingerprint density at radius 2 is 1.00 bits per heavy atom. The minimum atomic E-state index is 0.873. The van der Waals surface area contributed by atoms with Crippen LogP contribution in [-0.2, 0) is 6.42 Å². The van der Waals surface area contributed by atoms with Crippen molar-refractivity contribution in [2.75, 3.05) is 0 Å². The van der Waals surface area contributed by atoms with Gasteiger partial charge in [-0.05, 0) is 24.0 Å². The summed E-state index contributed by atoms with van der Waals surface area (Å²) in [6.07, 6.45) is 30.0. The summed E-state index contributed by atoms with van der Waals surface area (Å²) in [5, 5.41) is 0. The van der Waals surface area contributed by atoms with E-state index in [9.17, 15) is 0 Å². The molecule has 0 aliphatic rings. The van der Waals surface area contributed by atoms with E-state index in [1.165, 1.54) is 140 Å². The zero-order valence-electron chi connectivity index (χ0n) is 20.7. The van der Waals surface area contributed by atoms with Crippen molar-refractivity contribution >= 4 is 0 Å². The fraction of sp³-hybridized carbons (Fsp3) is 0.800. The minimum Gasteiger partial charge on any atom is -0.0654 e. The van der Waals surface area contributed by atoms with Gasteiger partial charge in [0.25, 0.3) is 0 Å². The Kier molecular flexibility index (Phi) is 19.5. The van der Waals surface area contributed by atoms with Crippen molar-refractivity contribution < 1.29 is 0 Å². The average Bonchev–Trinajstić information content (AvgIpc) is 2.77. The number of hydrogen-bond donors (Lipinski definition) is 0. The fourth-order valence-electron chi connectivity index (χ4n) is 4.70. The molecule has 30 heavy (non-hydrogen) atoms. The molecule has 0 amide bonds. The molecule has 0 N–H and O–H groups in total. The van der Waals surface area contributed by atoms with Crippen molar-refractivity contribution in [3.63, 3.8) is 0 Å². The van der Waals surface area contributed by atoms with Crippen LogP contribution in [0.2, 0.25) is 0 Å². The van der Waals surface area contributed by atoms with E-state index in [1.54, 1.807) is 0 Å². The SMILES string of the molecule is CCCCCCCCCCCCC(CCCCCCCCCC)Cc1[c]cccc1. The molecule has 1 aromatic rings. The Bertz CT molecular complexity index is 435. The second kappa shape index (κ2) is 21.5. The van der Waals surface area contributed by atoms with Crippen LogP contribution in [-0.4, -0.2) is 0 Å². The van der Waals surface area contributed by atoms with Crippen LogP contribution < -0.4 is 0 Å². The molecule has 0 aliphatic heterocycles. The number of benzene rings is 1. The molecular formula is C30H53. The third kappa shape index (κ3) is 17.0. The van der Waals surface area contributed by atoms with Gasteiger partial charge in [-0.1, -0.05) is 167 Å². The molecule has 1 rings (SSSR count). The highest BCUT2D eigenvalue weighted by Gasteiger charge is 2.10. The van der Waals surface area contributed by atoms with E-state index in [-0.39, 0.29) is 0 Å². The van der Waals surface area contributed by atoms with Gasteiger partial charge in [0.05, 0.1) is 0 Å². The molecule has 1 unspecified atom stereocenters. The van der Waals surface area contributed by atoms with Gasteiger partial charge >= 0.3 is 0 Å². The van der Waals surface area contributed by atoms with E-state index in [4.69, 9.17) is 0 Å². The monoisotopic (exact) mass is 413 g/mol. The van der Waals surface area contributed by atoms with Crippen LogP contribution in [0, 0.1) is 12.0 Å². The van der Waals surface area contributed by atoms with Crippen LogP contribution in [0.5, 0.6) is 0 Å². The Balaban J connectivity index is 2.13. The van der Waals surface area contributed by atoms with Crippen LogP contribution >= 0.6 is 0 Å². The lowest BCUT2D eigenvalue weighted by Crippen LogP contribution is -2.05. The standard InChI is InChI=1S/C30H53/c1-3-5-7-9-11-13-14-16-18-21-25-29(28-30-26-22-19-23-27-30)24-20-17-15-12-10-8-6-4-2/h19,22-23,26,29H,3-18,20-21,24-25,28H2,1-2H3. The molecule has 1 atom stereocenters. The molecule has 0 saturated heterocycles. The summed E-state index contributed by atoms with van der Waals surface area (Å²) in [6.45, 7) is 4.61. The first-order valence-corrected chi connectivity index (χ1v) is 13.8. The summed E-state index contributed by atoms with van der Waals surface area (Å²) >= 11 is 0. The van der Waals surface area contributed by atoms with Crippen molar-refractivity contribution in [2.24, 2.45) is 5.92 Å². The summed E-state index contributed by atoms with van der Waals surface area (Å²) in [7, 11) is 0. The van der Waals surface area contributed by atoms with Gasteiger partial charge in [0, 0.05) is 0 Å². The van der Waals surface area contributed by atoms with Crippen LogP contribution in [0.25, 0.3) is 0 Å². The smallest absolute Gasteiger partial charge is 0.0149 e. The predicted molar refractivity (Wildman–Crippen MR) is 136 cm³/mol. The highest BCUT2D eigenvalue weighted by atomic mass is 14.2. The highest BCUT2D eigenvalue weighted by molar-refractivity contribution is 5.13. The van der Waals surface area contributed by atoms with E-state index in [0.29, 0.717) is 0 Å². The van der Waals surface area contributed by atoms with Crippen molar-refractivity contribution in [1.29, 1.82) is 0 Å². The van der Waals surface area contributed by atoms with Crippen LogP contribution in [0.4, 0.5) is 0 Å². The molecule has 0 saturated carbocycles. The first-order chi connectivity index (χ1) is 14.9. The van der Waals surface area contributed by atoms with Crippen LogP contribution in [0.3, 0.4) is 0 Å². The van der Waals surface area contributed by atoms with Crippen LogP contribution in [0.15, 0.2) is 24.3 Å². The minimum absolute atomic E-state index is 0.873.